The van der Waals surface area contributed by atoms with Gasteiger partial charge < -0.3 is 9.29 Å². The Morgan fingerprint density at radius 3 is 2.04 bits per heavy atom. The van der Waals surface area contributed by atoms with Crippen LogP contribution in [-0.4, -0.2) is 18.4 Å². The van der Waals surface area contributed by atoms with Crippen LogP contribution in [0.3, 0.4) is 0 Å². The van der Waals surface area contributed by atoms with Crippen molar-refractivity contribution in [2.75, 3.05) is 0 Å². The Hall–Kier alpha value is -0.0700. The van der Waals surface area contributed by atoms with Gasteiger partial charge in [0.2, 0.25) is 0 Å². The average molecular weight is 421 g/mol. The predicted molar refractivity (Wildman–Crippen MR) is 111 cm³/mol. The summed E-state index contributed by atoms with van der Waals surface area (Å²) in [5, 5.41) is 0. The predicted octanol–water partition coefficient (Wildman–Crippen LogP) is 2.99. The van der Waals surface area contributed by atoms with Crippen molar-refractivity contribution < 1.29 is 47.3 Å². The molecule has 1 unspecified atom stereocenters. The zero-order valence-corrected chi connectivity index (χ0v) is 21.2. The van der Waals surface area contributed by atoms with E-state index in [1.807, 2.05) is 19.1 Å². The topological polar surface area (TPSA) is 66.4 Å². The maximum Gasteiger partial charge on any atom is 1.00 e. The van der Waals surface area contributed by atoms with Gasteiger partial charge in [0.15, 0.2) is 5.44 Å². The molecule has 0 bridgehead atoms. The molecule has 1 rings (SSSR count). The van der Waals surface area contributed by atoms with E-state index in [0.717, 1.165) is 37.7 Å². The van der Waals surface area contributed by atoms with E-state index < -0.39 is 15.6 Å². The summed E-state index contributed by atoms with van der Waals surface area (Å²) in [5.74, 6) is 0.581. The second-order valence-corrected chi connectivity index (χ2v) is 8.86. The first kappa shape index (κ1) is 27.9. The first-order valence-electron chi connectivity index (χ1n) is 10.7. The van der Waals surface area contributed by atoms with Crippen molar-refractivity contribution >= 4 is 10.1 Å². The molecule has 0 heterocycles. The molecule has 4 nitrogen and oxygen atoms in total. The Labute approximate surface area is 194 Å². The van der Waals surface area contributed by atoms with Crippen molar-refractivity contribution in [3.05, 3.63) is 29.3 Å². The third kappa shape index (κ3) is 10.6. The van der Waals surface area contributed by atoms with Gasteiger partial charge in [0, 0.05) is 0 Å². The van der Waals surface area contributed by atoms with E-state index >= 15 is 0 Å². The van der Waals surface area contributed by atoms with E-state index in [9.17, 15) is 13.0 Å². The van der Waals surface area contributed by atoms with E-state index in [4.69, 9.17) is 4.74 Å². The van der Waals surface area contributed by atoms with E-state index in [2.05, 4.69) is 19.9 Å². The molecule has 0 saturated carbocycles. The normalized spacial score (nSPS) is 12.4. The fraction of sp³-hybridized carbons (Fsp3) is 0.727. The summed E-state index contributed by atoms with van der Waals surface area (Å²) in [5.41, 5.74) is 1.03. The number of aryl methyl sites for hydroxylation is 1. The standard InChI is InChI=1S/C22H38O4S.Na/c1-4-7-9-11-15-19-16-13-18-21(20(19)17-12-10-8-5-2)26-22(14-6-3)27(23,24)25;/h13,16,18,22H,4-12,14-15,17H2,1-3H3,(H,23,24,25);/q;+1/p-1. The number of benzene rings is 1. The maximum absolute atomic E-state index is 11.6. The van der Waals surface area contributed by atoms with Crippen LogP contribution in [0.4, 0.5) is 0 Å². The molecule has 28 heavy (non-hydrogen) atoms. The quantitative estimate of drug-likeness (QED) is 0.249. The molecule has 0 amide bonds. The smallest absolute Gasteiger partial charge is 0.745 e. The van der Waals surface area contributed by atoms with Crippen LogP contribution in [0, 0.1) is 0 Å². The summed E-state index contributed by atoms with van der Waals surface area (Å²) < 4.78 is 40.5. The van der Waals surface area contributed by atoms with Gasteiger partial charge in [-0.05, 0) is 49.3 Å². The zero-order valence-electron chi connectivity index (χ0n) is 18.3. The van der Waals surface area contributed by atoms with Gasteiger partial charge in [-0.15, -0.1) is 0 Å². The van der Waals surface area contributed by atoms with Crippen LogP contribution < -0.4 is 34.3 Å². The van der Waals surface area contributed by atoms with Gasteiger partial charge in [-0.1, -0.05) is 77.8 Å². The van der Waals surface area contributed by atoms with Crippen molar-refractivity contribution in [3.8, 4) is 5.75 Å². The van der Waals surface area contributed by atoms with Gasteiger partial charge >= 0.3 is 29.6 Å². The summed E-state index contributed by atoms with van der Waals surface area (Å²) in [6.07, 6.45) is 12.0. The molecule has 0 radical (unpaired) electrons. The second-order valence-electron chi connectivity index (χ2n) is 7.34. The van der Waals surface area contributed by atoms with Crippen LogP contribution in [0.1, 0.15) is 96.1 Å². The molecule has 0 aromatic heterocycles. The molecule has 0 spiro atoms. The fourth-order valence-corrected chi connectivity index (χ4v) is 4.10. The van der Waals surface area contributed by atoms with Gasteiger partial charge in [-0.3, -0.25) is 0 Å². The second kappa shape index (κ2) is 15.7. The number of hydrogen-bond donors (Lipinski definition) is 0. The minimum atomic E-state index is -4.48. The summed E-state index contributed by atoms with van der Waals surface area (Å²) in [6.45, 7) is 6.24. The van der Waals surface area contributed by atoms with Crippen LogP contribution in [0.25, 0.3) is 0 Å². The van der Waals surface area contributed by atoms with Crippen LogP contribution in [0.15, 0.2) is 18.2 Å². The molecular formula is C22H37NaO4S. The van der Waals surface area contributed by atoms with E-state index in [-0.39, 0.29) is 36.0 Å². The third-order valence-electron chi connectivity index (χ3n) is 4.91. The number of unbranched alkanes of at least 4 members (excludes halogenated alkanes) is 6. The molecule has 0 saturated heterocycles. The molecule has 1 atom stereocenters. The van der Waals surface area contributed by atoms with Crippen LogP contribution in [0.5, 0.6) is 5.75 Å². The van der Waals surface area contributed by atoms with Gasteiger partial charge in [-0.2, -0.15) is 0 Å². The number of ether oxygens (including phenoxy) is 1. The van der Waals surface area contributed by atoms with Crippen molar-refractivity contribution in [3.63, 3.8) is 0 Å². The monoisotopic (exact) mass is 420 g/mol. The molecule has 6 heteroatoms. The van der Waals surface area contributed by atoms with Gasteiger partial charge in [0.25, 0.3) is 0 Å². The van der Waals surface area contributed by atoms with Crippen LogP contribution in [-0.2, 0) is 23.0 Å². The summed E-state index contributed by atoms with van der Waals surface area (Å²) in [4.78, 5) is 0. The Morgan fingerprint density at radius 2 is 1.50 bits per heavy atom. The summed E-state index contributed by atoms with van der Waals surface area (Å²) in [7, 11) is -4.48. The minimum Gasteiger partial charge on any atom is -0.745 e. The molecule has 0 aliphatic heterocycles. The van der Waals surface area contributed by atoms with Crippen molar-refractivity contribution in [2.45, 2.75) is 103 Å². The molecular weight excluding hydrogens is 383 g/mol. The Balaban J connectivity index is 0.00000729. The fourth-order valence-electron chi connectivity index (χ4n) is 3.35. The van der Waals surface area contributed by atoms with Crippen molar-refractivity contribution in [2.24, 2.45) is 0 Å². The Bertz CT molecular complexity index is 631. The van der Waals surface area contributed by atoms with Gasteiger partial charge in [-0.25, -0.2) is 8.42 Å². The largest absolute Gasteiger partial charge is 1.00 e. The van der Waals surface area contributed by atoms with Gasteiger partial charge in [0.1, 0.15) is 15.9 Å². The number of hydrogen-bond acceptors (Lipinski definition) is 4. The number of rotatable bonds is 15. The van der Waals surface area contributed by atoms with E-state index in [1.54, 1.807) is 0 Å². The van der Waals surface area contributed by atoms with E-state index in [0.29, 0.717) is 12.2 Å². The zero-order chi connectivity index (χ0) is 20.1. The van der Waals surface area contributed by atoms with E-state index in [1.165, 1.54) is 37.7 Å². The molecule has 0 aliphatic rings. The van der Waals surface area contributed by atoms with Crippen LogP contribution >= 0.6 is 0 Å². The third-order valence-corrected chi connectivity index (χ3v) is 5.89. The maximum atomic E-state index is 11.6. The molecule has 0 fully saturated rings. The SMILES string of the molecule is CCCCCCc1cccc(OC(CCC)S(=O)(=O)[O-])c1CCCCCC.[Na+]. The van der Waals surface area contributed by atoms with Crippen molar-refractivity contribution in [1.82, 2.24) is 0 Å². The van der Waals surface area contributed by atoms with Gasteiger partial charge in [0.05, 0.1) is 0 Å². The first-order chi connectivity index (χ1) is 12.9. The Morgan fingerprint density at radius 1 is 0.893 bits per heavy atom. The van der Waals surface area contributed by atoms with Crippen LogP contribution in [0.2, 0.25) is 0 Å². The molecule has 0 N–H and O–H groups in total. The summed E-state index contributed by atoms with van der Waals surface area (Å²) >= 11 is 0. The molecule has 1 aromatic carbocycles. The minimum absolute atomic E-state index is 0. The Kier molecular flexibility index (Phi) is 15.7. The molecule has 0 aliphatic carbocycles. The molecule has 156 valence electrons. The summed E-state index contributed by atoms with van der Waals surface area (Å²) in [6, 6.07) is 5.85. The average Bonchev–Trinajstić information content (AvgIpc) is 2.62. The van der Waals surface area contributed by atoms with Crippen molar-refractivity contribution in [1.29, 1.82) is 0 Å². The first-order valence-corrected chi connectivity index (χ1v) is 12.1. The molecule has 1 aromatic rings.